The molecule has 1 amide bonds. The summed E-state index contributed by atoms with van der Waals surface area (Å²) >= 11 is 3.38. The number of hydrogen-bond donors (Lipinski definition) is 0. The number of Topliss-reactive ketones (excluding diaryl/α,β-unsaturated/α-hetero) is 1. The first kappa shape index (κ1) is 13.0. The van der Waals surface area contributed by atoms with Gasteiger partial charge in [0, 0.05) is 4.47 Å². The molecule has 3 rings (SSSR count). The summed E-state index contributed by atoms with van der Waals surface area (Å²) in [6, 6.07) is 11.5. The van der Waals surface area contributed by atoms with Gasteiger partial charge in [-0.15, -0.1) is 0 Å². The molecule has 0 bridgehead atoms. The van der Waals surface area contributed by atoms with Gasteiger partial charge in [0.05, 0.1) is 17.8 Å². The van der Waals surface area contributed by atoms with Crippen LogP contribution in [0.4, 0.5) is 10.1 Å². The molecule has 2 aromatic rings. The van der Waals surface area contributed by atoms with Crippen LogP contribution in [0.5, 0.6) is 0 Å². The molecule has 100 valence electrons. The highest BCUT2D eigenvalue weighted by Crippen LogP contribution is 2.33. The van der Waals surface area contributed by atoms with Crippen molar-refractivity contribution in [3.63, 3.8) is 0 Å². The lowest BCUT2D eigenvalue weighted by Crippen LogP contribution is -2.29. The normalized spacial score (nSPS) is 13.8. The van der Waals surface area contributed by atoms with E-state index in [4.69, 9.17) is 0 Å². The molecule has 0 radical (unpaired) electrons. The van der Waals surface area contributed by atoms with Crippen molar-refractivity contribution in [2.24, 2.45) is 0 Å². The van der Waals surface area contributed by atoms with E-state index >= 15 is 0 Å². The minimum Gasteiger partial charge on any atom is -0.298 e. The van der Waals surface area contributed by atoms with Crippen molar-refractivity contribution in [2.75, 3.05) is 4.90 Å². The van der Waals surface area contributed by atoms with E-state index in [-0.39, 0.29) is 17.8 Å². The smallest absolute Gasteiger partial charge is 0.298 e. The average molecular weight is 334 g/mol. The molecule has 20 heavy (non-hydrogen) atoms. The van der Waals surface area contributed by atoms with Crippen molar-refractivity contribution in [3.05, 3.63) is 63.9 Å². The molecule has 0 fully saturated rings. The van der Waals surface area contributed by atoms with Gasteiger partial charge in [-0.05, 0) is 23.8 Å². The van der Waals surface area contributed by atoms with Gasteiger partial charge in [0.15, 0.2) is 0 Å². The molecular weight excluding hydrogens is 325 g/mol. The van der Waals surface area contributed by atoms with Crippen LogP contribution in [-0.4, -0.2) is 11.7 Å². The van der Waals surface area contributed by atoms with Crippen LogP contribution in [0, 0.1) is 5.82 Å². The number of carbonyl (C=O) groups excluding carboxylic acids is 2. The number of ketones is 1. The number of nitrogens with zero attached hydrogens (tertiary/aromatic N) is 1. The van der Waals surface area contributed by atoms with Gasteiger partial charge in [-0.25, -0.2) is 4.39 Å². The standard InChI is InChI=1S/C15H9BrFNO2/c16-11-6-2-1-4-9(11)8-18-13-10(14(19)15(18)20)5-3-7-12(13)17/h1-7H,8H2. The summed E-state index contributed by atoms with van der Waals surface area (Å²) in [5.74, 6) is -1.92. The van der Waals surface area contributed by atoms with Crippen molar-refractivity contribution >= 4 is 33.3 Å². The van der Waals surface area contributed by atoms with Gasteiger partial charge in [0.2, 0.25) is 0 Å². The zero-order valence-electron chi connectivity index (χ0n) is 10.3. The number of para-hydroxylation sites is 1. The molecule has 0 atom stereocenters. The molecule has 0 unspecified atom stereocenters. The zero-order valence-corrected chi connectivity index (χ0v) is 11.9. The Morgan fingerprint density at radius 1 is 1.05 bits per heavy atom. The lowest BCUT2D eigenvalue weighted by molar-refractivity contribution is -0.114. The monoisotopic (exact) mass is 333 g/mol. The van der Waals surface area contributed by atoms with E-state index in [1.165, 1.54) is 23.1 Å². The predicted molar refractivity (Wildman–Crippen MR) is 76.1 cm³/mol. The predicted octanol–water partition coefficient (Wildman–Crippen LogP) is 3.32. The van der Waals surface area contributed by atoms with Gasteiger partial charge in [0.1, 0.15) is 5.82 Å². The zero-order chi connectivity index (χ0) is 14.3. The number of anilines is 1. The van der Waals surface area contributed by atoms with Crippen LogP contribution in [0.2, 0.25) is 0 Å². The molecular formula is C15H9BrFNO2. The molecule has 1 aliphatic rings. The van der Waals surface area contributed by atoms with Crippen LogP contribution in [0.25, 0.3) is 0 Å². The molecule has 0 N–H and O–H groups in total. The first-order valence-corrected chi connectivity index (χ1v) is 6.77. The number of amides is 1. The van der Waals surface area contributed by atoms with Crippen LogP contribution < -0.4 is 4.90 Å². The molecule has 2 aromatic carbocycles. The summed E-state index contributed by atoms with van der Waals surface area (Å²) in [5, 5.41) is 0. The maximum atomic E-state index is 13.9. The van der Waals surface area contributed by atoms with Gasteiger partial charge in [0.25, 0.3) is 11.7 Å². The summed E-state index contributed by atoms with van der Waals surface area (Å²) in [6.07, 6.45) is 0. The molecule has 0 saturated heterocycles. The van der Waals surface area contributed by atoms with Crippen LogP contribution in [-0.2, 0) is 11.3 Å². The summed E-state index contributed by atoms with van der Waals surface area (Å²) in [6.45, 7) is 0.153. The molecule has 3 nitrogen and oxygen atoms in total. The minimum absolute atomic E-state index is 0.0678. The third-order valence-corrected chi connectivity index (χ3v) is 4.00. The first-order chi connectivity index (χ1) is 9.59. The van der Waals surface area contributed by atoms with Gasteiger partial charge in [-0.2, -0.15) is 0 Å². The van der Waals surface area contributed by atoms with Gasteiger partial charge in [-0.3, -0.25) is 14.5 Å². The van der Waals surface area contributed by atoms with Crippen molar-refractivity contribution in [3.8, 4) is 0 Å². The van der Waals surface area contributed by atoms with Crippen molar-refractivity contribution in [1.82, 2.24) is 0 Å². The van der Waals surface area contributed by atoms with Crippen molar-refractivity contribution in [1.29, 1.82) is 0 Å². The second-order valence-electron chi connectivity index (χ2n) is 4.45. The van der Waals surface area contributed by atoms with Crippen LogP contribution in [0.3, 0.4) is 0 Å². The van der Waals surface area contributed by atoms with Crippen molar-refractivity contribution in [2.45, 2.75) is 6.54 Å². The Labute approximate surface area is 123 Å². The third kappa shape index (κ3) is 1.94. The highest BCUT2D eigenvalue weighted by atomic mass is 79.9. The fourth-order valence-corrected chi connectivity index (χ4v) is 2.67. The number of benzene rings is 2. The number of hydrogen-bond acceptors (Lipinski definition) is 2. The Morgan fingerprint density at radius 2 is 1.80 bits per heavy atom. The molecule has 0 spiro atoms. The largest absolute Gasteiger partial charge is 0.299 e. The van der Waals surface area contributed by atoms with E-state index in [0.29, 0.717) is 0 Å². The van der Waals surface area contributed by atoms with E-state index in [1.54, 1.807) is 0 Å². The topological polar surface area (TPSA) is 37.4 Å². The fraction of sp³-hybridized carbons (Fsp3) is 0.0667. The Kier molecular flexibility index (Phi) is 3.14. The van der Waals surface area contributed by atoms with E-state index in [9.17, 15) is 14.0 Å². The lowest BCUT2D eigenvalue weighted by atomic mass is 10.1. The number of halogens is 2. The SMILES string of the molecule is O=C1C(=O)N(Cc2ccccc2Br)c2c(F)cccc21. The Bertz CT molecular complexity index is 730. The van der Waals surface area contributed by atoms with E-state index in [2.05, 4.69) is 15.9 Å². The number of rotatable bonds is 2. The van der Waals surface area contributed by atoms with E-state index < -0.39 is 17.5 Å². The Balaban J connectivity index is 2.06. The highest BCUT2D eigenvalue weighted by Gasteiger charge is 2.37. The third-order valence-electron chi connectivity index (χ3n) is 3.23. The van der Waals surface area contributed by atoms with E-state index in [1.807, 2.05) is 24.3 Å². The van der Waals surface area contributed by atoms with Crippen molar-refractivity contribution < 1.29 is 14.0 Å². The molecule has 0 aliphatic carbocycles. The Hall–Kier alpha value is -2.01. The summed E-state index contributed by atoms with van der Waals surface area (Å²) in [4.78, 5) is 25.1. The summed E-state index contributed by atoms with van der Waals surface area (Å²) in [7, 11) is 0. The average Bonchev–Trinajstić information content (AvgIpc) is 2.68. The number of fused-ring (bicyclic) bond motifs is 1. The molecule has 0 saturated carbocycles. The maximum Gasteiger partial charge on any atom is 0.299 e. The van der Waals surface area contributed by atoms with Gasteiger partial charge in [-0.1, -0.05) is 40.2 Å². The molecule has 1 aliphatic heterocycles. The first-order valence-electron chi connectivity index (χ1n) is 5.97. The summed E-state index contributed by atoms with van der Waals surface area (Å²) in [5.41, 5.74) is 1.00. The van der Waals surface area contributed by atoms with Gasteiger partial charge < -0.3 is 0 Å². The second kappa shape index (κ2) is 4.83. The molecule has 1 heterocycles. The summed E-state index contributed by atoms with van der Waals surface area (Å²) < 4.78 is 14.7. The van der Waals surface area contributed by atoms with Crippen LogP contribution in [0.1, 0.15) is 15.9 Å². The van der Waals surface area contributed by atoms with Crippen LogP contribution in [0.15, 0.2) is 46.9 Å². The van der Waals surface area contributed by atoms with E-state index in [0.717, 1.165) is 10.0 Å². The maximum absolute atomic E-state index is 13.9. The Morgan fingerprint density at radius 3 is 2.55 bits per heavy atom. The molecule has 5 heteroatoms. The fourth-order valence-electron chi connectivity index (χ4n) is 2.26. The molecule has 0 aromatic heterocycles. The lowest BCUT2D eigenvalue weighted by Gasteiger charge is -2.17. The van der Waals surface area contributed by atoms with Crippen LogP contribution >= 0.6 is 15.9 Å². The number of carbonyl (C=O) groups is 2. The highest BCUT2D eigenvalue weighted by molar-refractivity contribution is 9.10. The minimum atomic E-state index is -0.694. The van der Waals surface area contributed by atoms with Gasteiger partial charge >= 0.3 is 0 Å². The quantitative estimate of drug-likeness (QED) is 0.790. The second-order valence-corrected chi connectivity index (χ2v) is 5.30.